The van der Waals surface area contributed by atoms with E-state index in [1.54, 1.807) is 29.6 Å². The Balaban J connectivity index is 1.63. The third-order valence-corrected chi connectivity index (χ3v) is 4.54. The summed E-state index contributed by atoms with van der Waals surface area (Å²) in [5.74, 6) is 0.554. The summed E-state index contributed by atoms with van der Waals surface area (Å²) in [5.41, 5.74) is 4.32. The first-order valence-electron chi connectivity index (χ1n) is 8.75. The summed E-state index contributed by atoms with van der Waals surface area (Å²) in [4.78, 5) is 23.8. The van der Waals surface area contributed by atoms with Crippen molar-refractivity contribution in [1.29, 1.82) is 0 Å². The molecule has 0 saturated carbocycles. The lowest BCUT2D eigenvalue weighted by Crippen LogP contribution is -2.42. The highest BCUT2D eigenvalue weighted by atomic mass is 79.9. The Morgan fingerprint density at radius 3 is 2.56 bits per heavy atom. The minimum Gasteiger partial charge on any atom is -0.378 e. The van der Waals surface area contributed by atoms with Gasteiger partial charge in [0, 0.05) is 34.8 Å². The molecule has 0 saturated heterocycles. The van der Waals surface area contributed by atoms with E-state index in [1.807, 2.05) is 47.2 Å². The summed E-state index contributed by atoms with van der Waals surface area (Å²) in [6.45, 7) is 2.71. The lowest BCUT2D eigenvalue weighted by molar-refractivity contribution is 0.183. The van der Waals surface area contributed by atoms with E-state index < -0.39 is 0 Å². The van der Waals surface area contributed by atoms with Gasteiger partial charge in [0.25, 0.3) is 0 Å². The number of nitrogens with zero attached hydrogens (tertiary/aromatic N) is 3. The zero-order valence-corrected chi connectivity index (χ0v) is 16.6. The molecule has 0 unspecified atom stereocenters. The first-order valence-corrected chi connectivity index (χ1v) is 9.55. The number of aromatic nitrogens is 2. The first-order chi connectivity index (χ1) is 13.2. The molecule has 0 spiro atoms. The van der Waals surface area contributed by atoms with Crippen molar-refractivity contribution in [2.75, 3.05) is 11.4 Å². The number of amides is 2. The summed E-state index contributed by atoms with van der Waals surface area (Å²) in [7, 11) is 0. The molecule has 0 bridgehead atoms. The Bertz CT molecular complexity index is 849. The van der Waals surface area contributed by atoms with Crippen molar-refractivity contribution in [2.24, 2.45) is 0 Å². The van der Waals surface area contributed by atoms with E-state index in [-0.39, 0.29) is 6.03 Å². The van der Waals surface area contributed by atoms with Crippen LogP contribution < -0.4 is 15.2 Å². The van der Waals surface area contributed by atoms with Gasteiger partial charge in [-0.25, -0.2) is 9.78 Å². The molecule has 0 aliphatic heterocycles. The Kier molecular flexibility index (Phi) is 6.49. The number of urea groups is 1. The Morgan fingerprint density at radius 2 is 1.93 bits per heavy atom. The topological polar surface area (TPSA) is 59.4 Å². The normalized spacial score (nSPS) is 10.4. The molecule has 1 aromatic heterocycles. The van der Waals surface area contributed by atoms with E-state index in [4.69, 9.17) is 4.84 Å². The van der Waals surface area contributed by atoms with Gasteiger partial charge in [0.15, 0.2) is 5.75 Å². The van der Waals surface area contributed by atoms with Gasteiger partial charge in [0.2, 0.25) is 0 Å². The number of anilines is 1. The van der Waals surface area contributed by atoms with Gasteiger partial charge in [-0.2, -0.15) is 5.48 Å². The van der Waals surface area contributed by atoms with Crippen molar-refractivity contribution in [3.05, 3.63) is 71.7 Å². The maximum atomic E-state index is 12.6. The lowest BCUT2D eigenvalue weighted by Gasteiger charge is -2.23. The Labute approximate surface area is 166 Å². The van der Waals surface area contributed by atoms with E-state index in [2.05, 4.69) is 33.3 Å². The monoisotopic (exact) mass is 428 g/mol. The van der Waals surface area contributed by atoms with Crippen molar-refractivity contribution in [3.8, 4) is 11.4 Å². The number of benzene rings is 2. The molecule has 0 fully saturated rings. The molecular formula is C20H21BrN4O2. The first kappa shape index (κ1) is 19.0. The van der Waals surface area contributed by atoms with Crippen molar-refractivity contribution in [2.45, 2.75) is 19.8 Å². The van der Waals surface area contributed by atoms with Gasteiger partial charge in [-0.05, 0) is 55.0 Å². The number of imidazole rings is 1. The number of nitrogens with one attached hydrogen (secondary N) is 1. The van der Waals surface area contributed by atoms with Crippen LogP contribution in [0.2, 0.25) is 0 Å². The van der Waals surface area contributed by atoms with Crippen LogP contribution in [0.5, 0.6) is 5.75 Å². The second-order valence-electron chi connectivity index (χ2n) is 5.95. The predicted molar refractivity (Wildman–Crippen MR) is 109 cm³/mol. The molecule has 0 radical (unpaired) electrons. The van der Waals surface area contributed by atoms with Gasteiger partial charge in [-0.3, -0.25) is 4.90 Å². The number of hydroxylamine groups is 1. The van der Waals surface area contributed by atoms with Gasteiger partial charge in [0.05, 0.1) is 6.33 Å². The predicted octanol–water partition coefficient (Wildman–Crippen LogP) is 4.94. The fourth-order valence-electron chi connectivity index (χ4n) is 2.54. The fourth-order valence-corrected chi connectivity index (χ4v) is 2.81. The molecule has 27 heavy (non-hydrogen) atoms. The SMILES string of the molecule is CCCCN(C(=O)NOc1ccc(-n2ccnc2)cc1)c1ccc(Br)cc1. The molecule has 3 aromatic rings. The quantitative estimate of drug-likeness (QED) is 0.541. The Morgan fingerprint density at radius 1 is 1.19 bits per heavy atom. The summed E-state index contributed by atoms with van der Waals surface area (Å²) >= 11 is 3.42. The van der Waals surface area contributed by atoms with Gasteiger partial charge in [0.1, 0.15) is 0 Å². The van der Waals surface area contributed by atoms with Crippen molar-refractivity contribution in [3.63, 3.8) is 0 Å². The second kappa shape index (κ2) is 9.23. The standard InChI is InChI=1S/C20H21BrN4O2/c1-2-3-13-25(18-6-4-16(21)5-7-18)20(26)23-27-19-10-8-17(9-11-19)24-14-12-22-15-24/h4-12,14-15H,2-3,13H2,1H3,(H,23,26). The number of hydrogen-bond donors (Lipinski definition) is 1. The number of unbranched alkanes of at least 4 members (excludes halogenated alkanes) is 1. The van der Waals surface area contributed by atoms with Crippen LogP contribution in [-0.4, -0.2) is 22.1 Å². The number of carbonyl (C=O) groups excluding carboxylic acids is 1. The van der Waals surface area contributed by atoms with Crippen molar-refractivity contribution < 1.29 is 9.63 Å². The molecule has 3 rings (SSSR count). The van der Waals surface area contributed by atoms with Gasteiger partial charge in [-0.1, -0.05) is 29.3 Å². The number of halogens is 1. The van der Waals surface area contributed by atoms with Gasteiger partial charge < -0.3 is 9.40 Å². The third-order valence-electron chi connectivity index (χ3n) is 4.01. The van der Waals surface area contributed by atoms with Crippen LogP contribution in [0, 0.1) is 0 Å². The van der Waals surface area contributed by atoms with Crippen LogP contribution in [0.25, 0.3) is 5.69 Å². The molecule has 2 aromatic carbocycles. The smallest absolute Gasteiger partial charge is 0.354 e. The number of rotatable bonds is 7. The molecule has 140 valence electrons. The Hall–Kier alpha value is -2.80. The molecule has 1 N–H and O–H groups in total. The van der Waals surface area contributed by atoms with Crippen LogP contribution in [0.3, 0.4) is 0 Å². The van der Waals surface area contributed by atoms with Crippen LogP contribution in [0.15, 0.2) is 71.7 Å². The molecule has 7 heteroatoms. The summed E-state index contributed by atoms with van der Waals surface area (Å²) < 4.78 is 2.86. The maximum absolute atomic E-state index is 12.6. The minimum atomic E-state index is -0.301. The number of hydrogen-bond acceptors (Lipinski definition) is 3. The van der Waals surface area contributed by atoms with Gasteiger partial charge >= 0.3 is 6.03 Å². The van der Waals surface area contributed by atoms with Gasteiger partial charge in [-0.15, -0.1) is 0 Å². The molecule has 2 amide bonds. The zero-order valence-electron chi connectivity index (χ0n) is 15.0. The van der Waals surface area contributed by atoms with Crippen molar-refractivity contribution in [1.82, 2.24) is 15.0 Å². The second-order valence-corrected chi connectivity index (χ2v) is 6.87. The lowest BCUT2D eigenvalue weighted by atomic mass is 10.2. The molecule has 0 atom stereocenters. The van der Waals surface area contributed by atoms with E-state index in [9.17, 15) is 4.79 Å². The highest BCUT2D eigenvalue weighted by Crippen LogP contribution is 2.20. The highest BCUT2D eigenvalue weighted by molar-refractivity contribution is 9.10. The largest absolute Gasteiger partial charge is 0.378 e. The van der Waals surface area contributed by atoms with Crippen LogP contribution in [0.4, 0.5) is 10.5 Å². The minimum absolute atomic E-state index is 0.301. The van der Waals surface area contributed by atoms with Crippen LogP contribution in [0.1, 0.15) is 19.8 Å². The maximum Gasteiger partial charge on any atom is 0.354 e. The van der Waals surface area contributed by atoms with Crippen molar-refractivity contribution >= 4 is 27.6 Å². The highest BCUT2D eigenvalue weighted by Gasteiger charge is 2.15. The van der Waals surface area contributed by atoms with Crippen LogP contribution >= 0.6 is 15.9 Å². The number of carbonyl (C=O) groups is 1. The van der Waals surface area contributed by atoms with E-state index in [1.165, 1.54) is 0 Å². The molecular weight excluding hydrogens is 408 g/mol. The third kappa shape index (κ3) is 5.10. The van der Waals surface area contributed by atoms with E-state index >= 15 is 0 Å². The summed E-state index contributed by atoms with van der Waals surface area (Å²) in [6, 6.07) is 14.7. The molecule has 0 aliphatic rings. The average Bonchev–Trinajstić information content (AvgIpc) is 3.23. The van der Waals surface area contributed by atoms with E-state index in [0.717, 1.165) is 28.7 Å². The molecule has 6 nitrogen and oxygen atoms in total. The molecule has 0 aliphatic carbocycles. The fraction of sp³-hybridized carbons (Fsp3) is 0.200. The zero-order chi connectivity index (χ0) is 19.1. The molecule has 1 heterocycles. The summed E-state index contributed by atoms with van der Waals surface area (Å²) in [6.07, 6.45) is 7.21. The summed E-state index contributed by atoms with van der Waals surface area (Å²) in [5, 5.41) is 0. The average molecular weight is 429 g/mol. The van der Waals surface area contributed by atoms with E-state index in [0.29, 0.717) is 12.3 Å². The van der Waals surface area contributed by atoms with Crippen LogP contribution in [-0.2, 0) is 0 Å².